The number of nitrogens with one attached hydrogen (secondary N) is 5. The number of rotatable bonds is 10. The number of imidazole rings is 1. The second kappa shape index (κ2) is 12.5. The zero-order chi connectivity index (χ0) is 27.6. The summed E-state index contributed by atoms with van der Waals surface area (Å²) in [5, 5.41) is 27.6. The van der Waals surface area contributed by atoms with Crippen LogP contribution in [0.5, 0.6) is 0 Å². The fourth-order valence-corrected chi connectivity index (χ4v) is 2.83. The number of hydrogen-bond donors (Lipinski definition) is 5. The lowest BCUT2D eigenvalue weighted by molar-refractivity contribution is -0.145. The molecule has 9 nitrogen and oxygen atoms in total. The summed E-state index contributed by atoms with van der Waals surface area (Å²) in [5.41, 5.74) is 1.18. The molecule has 0 aliphatic heterocycles. The lowest BCUT2D eigenvalue weighted by Gasteiger charge is -2.14. The van der Waals surface area contributed by atoms with Crippen molar-refractivity contribution in [3.05, 3.63) is 41.9 Å². The summed E-state index contributed by atoms with van der Waals surface area (Å²) in [6, 6.07) is 4.16. The maximum atomic E-state index is 13.0. The average Bonchev–Trinajstić information content (AvgIpc) is 3.29. The standard InChI is InChI=1S/C22H20F6N8O/c23-21(24,25)12-34-20(37)35-16-3-1-2-13(6-16)17-11-33-19(36-17)7-14(8-30)15(9-31)10-32-18(4-5-29)22(26,27)28/h1-3,6-11,15,18,30-31H,4,12H2,(H,33,36)(H2,34,35,37)/b14-7+,30-8?,31-9?,32-10?. The van der Waals surface area contributed by atoms with Crippen molar-refractivity contribution in [3.63, 3.8) is 0 Å². The molecule has 2 atom stereocenters. The molecule has 1 heterocycles. The molecule has 0 saturated heterocycles. The Labute approximate surface area is 206 Å². The molecule has 1 aromatic heterocycles. The van der Waals surface area contributed by atoms with Gasteiger partial charge in [-0.15, -0.1) is 0 Å². The summed E-state index contributed by atoms with van der Waals surface area (Å²) in [6.45, 7) is -1.50. The molecule has 0 bridgehead atoms. The molecule has 196 valence electrons. The third kappa shape index (κ3) is 9.24. The molecule has 2 rings (SSSR count). The first-order valence-electron chi connectivity index (χ1n) is 10.3. The molecule has 0 aliphatic carbocycles. The summed E-state index contributed by atoms with van der Waals surface area (Å²) in [4.78, 5) is 22.0. The summed E-state index contributed by atoms with van der Waals surface area (Å²) in [6.07, 6.45) is -5.06. The molecule has 0 saturated carbocycles. The SMILES string of the molecule is N#CCC(N=CC(C=N)/C(C=N)=C/c1ncc(-c2cccc(NC(=O)NCC(F)(F)F)c2)[nH]1)C(F)(F)F. The van der Waals surface area contributed by atoms with Gasteiger partial charge in [0, 0.05) is 29.9 Å². The van der Waals surface area contributed by atoms with Gasteiger partial charge in [-0.3, -0.25) is 4.99 Å². The van der Waals surface area contributed by atoms with Crippen molar-refractivity contribution in [1.29, 1.82) is 16.1 Å². The molecule has 15 heteroatoms. The van der Waals surface area contributed by atoms with E-state index in [1.54, 1.807) is 11.4 Å². The number of amides is 2. The van der Waals surface area contributed by atoms with E-state index in [-0.39, 0.29) is 17.1 Å². The van der Waals surface area contributed by atoms with E-state index in [4.69, 9.17) is 16.1 Å². The molecule has 0 fully saturated rings. The molecule has 37 heavy (non-hydrogen) atoms. The number of carbonyl (C=O) groups is 1. The van der Waals surface area contributed by atoms with E-state index in [1.165, 1.54) is 36.5 Å². The highest BCUT2D eigenvalue weighted by Crippen LogP contribution is 2.26. The first kappa shape index (κ1) is 28.8. The van der Waals surface area contributed by atoms with Crippen LogP contribution in [0.1, 0.15) is 12.2 Å². The lowest BCUT2D eigenvalue weighted by atomic mass is 10.0. The molecule has 2 amide bonds. The predicted molar refractivity (Wildman–Crippen MR) is 125 cm³/mol. The van der Waals surface area contributed by atoms with Gasteiger partial charge in [0.15, 0.2) is 6.04 Å². The van der Waals surface area contributed by atoms with E-state index in [9.17, 15) is 31.1 Å². The van der Waals surface area contributed by atoms with Gasteiger partial charge in [-0.05, 0) is 23.8 Å². The molecular formula is C22H20F6N8O. The molecule has 0 radical (unpaired) electrons. The molecule has 1 aromatic carbocycles. The van der Waals surface area contributed by atoms with Crippen LogP contribution in [0, 0.1) is 28.1 Å². The van der Waals surface area contributed by atoms with Crippen LogP contribution in [0.25, 0.3) is 17.3 Å². The van der Waals surface area contributed by atoms with Crippen LogP contribution in [0.2, 0.25) is 0 Å². The first-order chi connectivity index (χ1) is 17.4. The summed E-state index contributed by atoms with van der Waals surface area (Å²) in [5.74, 6) is -0.920. The molecule has 0 spiro atoms. The van der Waals surface area contributed by atoms with E-state index in [1.807, 2.05) is 0 Å². The summed E-state index contributed by atoms with van der Waals surface area (Å²) in [7, 11) is 0. The second-order valence-corrected chi connectivity index (χ2v) is 7.38. The average molecular weight is 526 g/mol. The summed E-state index contributed by atoms with van der Waals surface area (Å²) < 4.78 is 75.6. The number of benzene rings is 1. The predicted octanol–water partition coefficient (Wildman–Crippen LogP) is 4.97. The van der Waals surface area contributed by atoms with Gasteiger partial charge in [0.05, 0.1) is 30.3 Å². The van der Waals surface area contributed by atoms with E-state index in [0.29, 0.717) is 11.3 Å². The smallest absolute Gasteiger partial charge is 0.338 e. The highest BCUT2D eigenvalue weighted by Gasteiger charge is 2.39. The van der Waals surface area contributed by atoms with Gasteiger partial charge >= 0.3 is 18.4 Å². The number of aromatic amines is 1. The number of urea groups is 1. The maximum Gasteiger partial charge on any atom is 0.411 e. The maximum absolute atomic E-state index is 13.0. The van der Waals surface area contributed by atoms with Gasteiger partial charge in [0.25, 0.3) is 0 Å². The van der Waals surface area contributed by atoms with Crippen LogP contribution in [0.4, 0.5) is 36.8 Å². The van der Waals surface area contributed by atoms with Gasteiger partial charge in [0.1, 0.15) is 12.4 Å². The zero-order valence-electron chi connectivity index (χ0n) is 18.8. The Morgan fingerprint density at radius 1 is 1.24 bits per heavy atom. The van der Waals surface area contributed by atoms with Crippen molar-refractivity contribution in [1.82, 2.24) is 15.3 Å². The van der Waals surface area contributed by atoms with Crippen molar-refractivity contribution < 1.29 is 31.1 Å². The highest BCUT2D eigenvalue weighted by molar-refractivity contribution is 5.99. The van der Waals surface area contributed by atoms with Crippen LogP contribution in [0.3, 0.4) is 0 Å². The minimum atomic E-state index is -4.74. The van der Waals surface area contributed by atoms with E-state index < -0.39 is 43.3 Å². The number of nitriles is 1. The number of carbonyl (C=O) groups excluding carboxylic acids is 1. The van der Waals surface area contributed by atoms with E-state index >= 15 is 0 Å². The van der Waals surface area contributed by atoms with E-state index in [0.717, 1.165) is 18.6 Å². The Hall–Kier alpha value is -4.48. The summed E-state index contributed by atoms with van der Waals surface area (Å²) >= 11 is 0. The van der Waals surface area contributed by atoms with Crippen molar-refractivity contribution >= 4 is 36.4 Å². The van der Waals surface area contributed by atoms with Crippen LogP contribution < -0.4 is 10.6 Å². The minimum absolute atomic E-state index is 0.0780. The van der Waals surface area contributed by atoms with Crippen molar-refractivity contribution in [2.75, 3.05) is 11.9 Å². The van der Waals surface area contributed by atoms with Crippen LogP contribution in [-0.2, 0) is 0 Å². The lowest BCUT2D eigenvalue weighted by Crippen LogP contribution is -2.36. The van der Waals surface area contributed by atoms with Crippen molar-refractivity contribution in [2.24, 2.45) is 10.9 Å². The van der Waals surface area contributed by atoms with Crippen molar-refractivity contribution in [3.8, 4) is 17.3 Å². The van der Waals surface area contributed by atoms with Gasteiger partial charge in [-0.2, -0.15) is 31.6 Å². The van der Waals surface area contributed by atoms with Crippen LogP contribution in [0.15, 0.2) is 41.0 Å². The van der Waals surface area contributed by atoms with Crippen LogP contribution >= 0.6 is 0 Å². The fourth-order valence-electron chi connectivity index (χ4n) is 2.83. The number of allylic oxidation sites excluding steroid dienone is 1. The Morgan fingerprint density at radius 2 is 1.97 bits per heavy atom. The van der Waals surface area contributed by atoms with Crippen LogP contribution in [-0.4, -0.2) is 59.6 Å². The van der Waals surface area contributed by atoms with Gasteiger partial charge in [-0.1, -0.05) is 12.1 Å². The van der Waals surface area contributed by atoms with Crippen molar-refractivity contribution in [2.45, 2.75) is 24.8 Å². The Bertz CT molecular complexity index is 1210. The monoisotopic (exact) mass is 526 g/mol. The van der Waals surface area contributed by atoms with Gasteiger partial charge < -0.3 is 26.4 Å². The Balaban J connectivity index is 2.20. The van der Waals surface area contributed by atoms with E-state index in [2.05, 4.69) is 20.3 Å². The third-order valence-corrected chi connectivity index (χ3v) is 4.60. The molecular weight excluding hydrogens is 506 g/mol. The highest BCUT2D eigenvalue weighted by atomic mass is 19.4. The number of alkyl halides is 6. The number of nitrogens with zero attached hydrogens (tertiary/aromatic N) is 3. The van der Waals surface area contributed by atoms with Gasteiger partial charge in [0.2, 0.25) is 0 Å². The number of halogens is 6. The molecule has 2 unspecified atom stereocenters. The number of aromatic nitrogens is 2. The van der Waals surface area contributed by atoms with Gasteiger partial charge in [-0.25, -0.2) is 9.78 Å². The molecule has 0 aliphatic rings. The number of anilines is 1. The minimum Gasteiger partial charge on any atom is -0.338 e. The topological polar surface area (TPSA) is 154 Å². The fraction of sp³-hybridized carbons (Fsp3) is 0.273. The molecule has 5 N–H and O–H groups in total. The normalized spacial score (nSPS) is 14.0. The number of hydrogen-bond acceptors (Lipinski definition) is 6. The third-order valence-electron chi connectivity index (χ3n) is 4.60. The molecule has 2 aromatic rings. The Morgan fingerprint density at radius 3 is 2.57 bits per heavy atom. The Kier molecular flexibility index (Phi) is 9.69. The largest absolute Gasteiger partial charge is 0.411 e. The number of H-pyrrole nitrogens is 1. The number of aliphatic imine (C=N–C) groups is 1. The first-order valence-corrected chi connectivity index (χ1v) is 10.3. The quantitative estimate of drug-likeness (QED) is 0.219. The zero-order valence-corrected chi connectivity index (χ0v) is 18.8. The second-order valence-electron chi connectivity index (χ2n) is 7.38.